The fourth-order valence-corrected chi connectivity index (χ4v) is 5.82. The van der Waals surface area contributed by atoms with Gasteiger partial charge in [-0.15, -0.1) is 11.3 Å². The third-order valence-corrected chi connectivity index (χ3v) is 7.60. The maximum atomic E-state index is 14.1. The molecule has 0 radical (unpaired) electrons. The molecule has 0 spiro atoms. The number of rotatable bonds is 6. The Morgan fingerprint density at radius 2 is 1.95 bits per heavy atom. The minimum atomic E-state index is -0.511. The van der Waals surface area contributed by atoms with E-state index < -0.39 is 5.60 Å². The van der Waals surface area contributed by atoms with E-state index >= 15 is 0 Å². The lowest BCUT2D eigenvalue weighted by Gasteiger charge is -2.31. The van der Waals surface area contributed by atoms with Crippen LogP contribution < -0.4 is 19.8 Å². The predicted octanol–water partition coefficient (Wildman–Crippen LogP) is 4.16. The van der Waals surface area contributed by atoms with Gasteiger partial charge < -0.3 is 24.4 Å². The van der Waals surface area contributed by atoms with Crippen LogP contribution in [0.4, 0.5) is 9.18 Å². The lowest BCUT2D eigenvalue weighted by atomic mass is 9.94. The number of carbonyl (C=O) groups is 1. The molecular formula is C30H33FN2O4S. The summed E-state index contributed by atoms with van der Waals surface area (Å²) >= 11 is 1.67. The number of carbonyl (C=O) groups excluding carboxylic acids is 1. The molecule has 1 aromatic heterocycles. The Hall–Kier alpha value is -3.36. The summed E-state index contributed by atoms with van der Waals surface area (Å²) < 4.78 is 31.7. The first-order chi connectivity index (χ1) is 18.2. The van der Waals surface area contributed by atoms with Gasteiger partial charge in [0, 0.05) is 48.1 Å². The van der Waals surface area contributed by atoms with Crippen LogP contribution in [0.15, 0.2) is 47.8 Å². The molecule has 2 aliphatic heterocycles. The normalized spacial score (nSPS) is 15.0. The Balaban J connectivity index is 1.48. The lowest BCUT2D eigenvalue weighted by molar-refractivity contribution is 0.0224. The average Bonchev–Trinajstić information content (AvgIpc) is 3.37. The van der Waals surface area contributed by atoms with Crippen LogP contribution >= 0.6 is 11.3 Å². The number of nitrogens with zero attached hydrogens (tertiary/aromatic N) is 1. The molecule has 0 fully saturated rings. The van der Waals surface area contributed by atoms with E-state index in [1.54, 1.807) is 29.4 Å². The SMILES string of the molecule is COCCOc1cc(F)ccc1C1=c2sccc2=C(c2ccc3c(c2)CCN(C(=O)OC(C)(C)C)C3)NC1. The van der Waals surface area contributed by atoms with Crippen molar-refractivity contribution in [1.29, 1.82) is 0 Å². The van der Waals surface area contributed by atoms with Gasteiger partial charge in [-0.2, -0.15) is 0 Å². The standard InChI is InChI=1S/C30H33FN2O4S/c1-30(2,3)37-29(34)33-11-9-19-15-20(5-6-21(19)18-33)27-24-10-14-38-28(24)25(17-32-27)23-8-7-22(31)16-26(23)36-13-12-35-4/h5-8,10,14-16,32H,9,11-13,17-18H2,1-4H3. The van der Waals surface area contributed by atoms with Crippen LogP contribution in [0.3, 0.4) is 0 Å². The van der Waals surface area contributed by atoms with Crippen LogP contribution in [-0.4, -0.2) is 50.0 Å². The molecule has 3 aromatic rings. The van der Waals surface area contributed by atoms with Crippen LogP contribution in [-0.2, 0) is 22.4 Å². The largest absolute Gasteiger partial charge is 0.490 e. The van der Waals surface area contributed by atoms with Crippen molar-refractivity contribution in [2.24, 2.45) is 0 Å². The number of benzene rings is 2. The van der Waals surface area contributed by atoms with Crippen LogP contribution in [0.1, 0.15) is 43.0 Å². The molecule has 0 saturated heterocycles. The molecule has 8 heteroatoms. The molecule has 3 heterocycles. The second-order valence-electron chi connectivity index (χ2n) is 10.5. The Labute approximate surface area is 226 Å². The van der Waals surface area contributed by atoms with Crippen LogP contribution in [0.2, 0.25) is 0 Å². The van der Waals surface area contributed by atoms with Gasteiger partial charge in [0.15, 0.2) is 0 Å². The van der Waals surface area contributed by atoms with Crippen molar-refractivity contribution >= 4 is 28.7 Å². The van der Waals surface area contributed by atoms with Crippen molar-refractivity contribution in [3.8, 4) is 5.75 Å². The van der Waals surface area contributed by atoms with Gasteiger partial charge >= 0.3 is 6.09 Å². The molecular weight excluding hydrogens is 503 g/mol. The van der Waals surface area contributed by atoms with Gasteiger partial charge in [0.25, 0.3) is 0 Å². The Bertz CT molecular complexity index is 1470. The zero-order valence-corrected chi connectivity index (χ0v) is 23.0. The summed E-state index contributed by atoms with van der Waals surface area (Å²) in [5, 5.41) is 6.83. The highest BCUT2D eigenvalue weighted by Gasteiger charge is 2.26. The highest BCUT2D eigenvalue weighted by atomic mass is 32.1. The van der Waals surface area contributed by atoms with Gasteiger partial charge in [-0.3, -0.25) is 0 Å². The maximum absolute atomic E-state index is 14.1. The number of hydrogen-bond acceptors (Lipinski definition) is 6. The minimum absolute atomic E-state index is 0.270. The third-order valence-electron chi connectivity index (χ3n) is 6.62. The second-order valence-corrected chi connectivity index (χ2v) is 11.4. The first-order valence-corrected chi connectivity index (χ1v) is 13.7. The van der Waals surface area contributed by atoms with Gasteiger partial charge in [-0.1, -0.05) is 12.1 Å². The molecule has 200 valence electrons. The zero-order chi connectivity index (χ0) is 26.9. The van der Waals surface area contributed by atoms with Crippen LogP contribution in [0, 0.1) is 5.82 Å². The first-order valence-electron chi connectivity index (χ1n) is 12.8. The van der Waals surface area contributed by atoms with E-state index in [4.69, 9.17) is 14.2 Å². The van der Waals surface area contributed by atoms with Gasteiger partial charge in [0.1, 0.15) is 23.8 Å². The Kier molecular flexibility index (Phi) is 7.45. The highest BCUT2D eigenvalue weighted by molar-refractivity contribution is 7.07. The lowest BCUT2D eigenvalue weighted by Crippen LogP contribution is -2.40. The van der Waals surface area contributed by atoms with Crippen molar-refractivity contribution < 1.29 is 23.4 Å². The third kappa shape index (κ3) is 5.56. The molecule has 0 bridgehead atoms. The number of nitrogens with one attached hydrogen (secondary N) is 1. The van der Waals surface area contributed by atoms with E-state index in [9.17, 15) is 9.18 Å². The summed E-state index contributed by atoms with van der Waals surface area (Å²) in [5.74, 6) is 0.188. The summed E-state index contributed by atoms with van der Waals surface area (Å²) in [4.78, 5) is 14.3. The second kappa shape index (κ2) is 10.8. The maximum Gasteiger partial charge on any atom is 0.410 e. The highest BCUT2D eigenvalue weighted by Crippen LogP contribution is 2.28. The molecule has 0 saturated carbocycles. The Morgan fingerprint density at radius 3 is 2.74 bits per heavy atom. The monoisotopic (exact) mass is 536 g/mol. The molecule has 5 rings (SSSR count). The predicted molar refractivity (Wildman–Crippen MR) is 147 cm³/mol. The number of hydrogen-bond donors (Lipinski definition) is 1. The van der Waals surface area contributed by atoms with E-state index in [2.05, 4.69) is 35.0 Å². The number of methoxy groups -OCH3 is 1. The van der Waals surface area contributed by atoms with Gasteiger partial charge in [-0.25, -0.2) is 9.18 Å². The Morgan fingerprint density at radius 1 is 1.11 bits per heavy atom. The molecule has 2 aromatic carbocycles. The van der Waals surface area contributed by atoms with Crippen molar-refractivity contribution in [3.05, 3.63) is 85.7 Å². The van der Waals surface area contributed by atoms with Crippen molar-refractivity contribution in [1.82, 2.24) is 10.2 Å². The van der Waals surface area contributed by atoms with E-state index in [1.807, 2.05) is 20.8 Å². The van der Waals surface area contributed by atoms with Gasteiger partial charge in [-0.05, 0) is 79.1 Å². The van der Waals surface area contributed by atoms with E-state index in [1.165, 1.54) is 17.7 Å². The number of fused-ring (bicyclic) bond motifs is 2. The molecule has 6 nitrogen and oxygen atoms in total. The topological polar surface area (TPSA) is 60.0 Å². The van der Waals surface area contributed by atoms with Crippen LogP contribution in [0.5, 0.6) is 5.75 Å². The smallest absolute Gasteiger partial charge is 0.410 e. The quantitative estimate of drug-likeness (QED) is 0.480. The number of amides is 1. The molecule has 1 amide bonds. The minimum Gasteiger partial charge on any atom is -0.490 e. The number of thiophene rings is 1. The molecule has 0 atom stereocenters. The summed E-state index contributed by atoms with van der Waals surface area (Å²) in [6, 6.07) is 13.3. The van der Waals surface area contributed by atoms with Crippen LogP contribution in [0.25, 0.3) is 11.3 Å². The van der Waals surface area contributed by atoms with Gasteiger partial charge in [0.2, 0.25) is 0 Å². The molecule has 2 aliphatic rings. The fraction of sp³-hybridized carbons (Fsp3) is 0.367. The average molecular weight is 537 g/mol. The van der Waals surface area contributed by atoms with E-state index in [0.29, 0.717) is 38.6 Å². The summed E-state index contributed by atoms with van der Waals surface area (Å²) in [7, 11) is 1.61. The van der Waals surface area contributed by atoms with Crippen molar-refractivity contribution in [2.45, 2.75) is 39.3 Å². The van der Waals surface area contributed by atoms with E-state index in [0.717, 1.165) is 44.1 Å². The molecule has 0 aliphatic carbocycles. The summed E-state index contributed by atoms with van der Waals surface area (Å²) in [6.07, 6.45) is 0.509. The number of halogens is 1. The zero-order valence-electron chi connectivity index (χ0n) is 22.2. The number of ether oxygens (including phenoxy) is 3. The van der Waals surface area contributed by atoms with E-state index in [-0.39, 0.29) is 11.9 Å². The fourth-order valence-electron chi connectivity index (χ4n) is 4.86. The molecule has 1 N–H and O–H groups in total. The van der Waals surface area contributed by atoms with Crippen molar-refractivity contribution in [3.63, 3.8) is 0 Å². The molecule has 38 heavy (non-hydrogen) atoms. The molecule has 0 unspecified atom stereocenters. The first kappa shape index (κ1) is 26.3. The summed E-state index contributed by atoms with van der Waals surface area (Å²) in [6.45, 7) is 8.21. The van der Waals surface area contributed by atoms with Crippen molar-refractivity contribution in [2.75, 3.05) is 33.4 Å². The van der Waals surface area contributed by atoms with Gasteiger partial charge in [0.05, 0.1) is 12.3 Å². The summed E-state index contributed by atoms with van der Waals surface area (Å²) in [5.41, 5.74) is 6.03.